The Balaban J connectivity index is 1.78. The number of rotatable bonds is 5. The first kappa shape index (κ1) is 23.1. The molecule has 1 fully saturated rings. The van der Waals surface area contributed by atoms with Crippen LogP contribution >= 0.6 is 0 Å². The van der Waals surface area contributed by atoms with E-state index in [-0.39, 0.29) is 5.92 Å². The third kappa shape index (κ3) is 3.95. The van der Waals surface area contributed by atoms with Crippen molar-refractivity contribution in [2.24, 2.45) is 5.92 Å². The zero-order valence-electron chi connectivity index (χ0n) is 19.7. The smallest absolute Gasteiger partial charge is 0.308 e. The van der Waals surface area contributed by atoms with E-state index in [0.29, 0.717) is 30.1 Å². The molecule has 4 rings (SSSR count). The molecule has 2 N–H and O–H groups in total. The Kier molecular flexibility index (Phi) is 5.86. The van der Waals surface area contributed by atoms with Gasteiger partial charge in [-0.2, -0.15) is 0 Å². The van der Waals surface area contributed by atoms with Crippen molar-refractivity contribution >= 4 is 38.1 Å². The van der Waals surface area contributed by atoms with E-state index >= 15 is 0 Å². The van der Waals surface area contributed by atoms with E-state index in [1.165, 1.54) is 0 Å². The van der Waals surface area contributed by atoms with Crippen LogP contribution in [-0.2, 0) is 14.8 Å². The van der Waals surface area contributed by atoms with Gasteiger partial charge in [0.2, 0.25) is 0 Å². The summed E-state index contributed by atoms with van der Waals surface area (Å²) >= 11 is 0. The van der Waals surface area contributed by atoms with E-state index in [9.17, 15) is 18.3 Å². The molecule has 6 nitrogen and oxygen atoms in total. The molecule has 1 aliphatic rings. The van der Waals surface area contributed by atoms with Crippen LogP contribution in [0.5, 0.6) is 0 Å². The molecule has 3 aromatic rings. The molecular formula is C26H30N2O4S. The molecule has 0 aromatic heterocycles. The Bertz CT molecular complexity index is 1350. The molecule has 1 atom stereocenters. The first-order chi connectivity index (χ1) is 15.5. The lowest BCUT2D eigenvalue weighted by atomic mass is 9.95. The Hall–Kier alpha value is -3.06. The van der Waals surface area contributed by atoms with Gasteiger partial charge in [-0.1, -0.05) is 24.3 Å². The summed E-state index contributed by atoms with van der Waals surface area (Å²) < 4.78 is 30.0. The number of sulfonamides is 1. The molecule has 7 heteroatoms. The number of nitrogens with zero attached hydrogens (tertiary/aromatic N) is 1. The molecule has 174 valence electrons. The average molecular weight is 467 g/mol. The van der Waals surface area contributed by atoms with Gasteiger partial charge in [0.05, 0.1) is 16.5 Å². The van der Waals surface area contributed by atoms with E-state index < -0.39 is 16.0 Å². The number of hydrogen-bond donors (Lipinski definition) is 2. The van der Waals surface area contributed by atoms with Crippen molar-refractivity contribution in [2.75, 3.05) is 22.7 Å². The number of carbonyl (C=O) groups is 1. The Labute approximate surface area is 195 Å². The fourth-order valence-electron chi connectivity index (χ4n) is 4.89. The lowest BCUT2D eigenvalue weighted by Gasteiger charge is -2.23. The highest BCUT2D eigenvalue weighted by Gasteiger charge is 2.29. The topological polar surface area (TPSA) is 86.7 Å². The van der Waals surface area contributed by atoms with E-state index in [0.717, 1.165) is 44.3 Å². The fraction of sp³-hybridized carbons (Fsp3) is 0.346. The molecule has 0 aliphatic carbocycles. The number of fused-ring (bicyclic) bond motifs is 1. The maximum Gasteiger partial charge on any atom is 0.308 e. The summed E-state index contributed by atoms with van der Waals surface area (Å²) in [7, 11) is -3.82. The molecule has 33 heavy (non-hydrogen) atoms. The molecule has 0 spiro atoms. The molecule has 0 unspecified atom stereocenters. The van der Waals surface area contributed by atoms with Crippen molar-refractivity contribution in [1.29, 1.82) is 0 Å². The summed E-state index contributed by atoms with van der Waals surface area (Å²) in [4.78, 5) is 13.8. The van der Waals surface area contributed by atoms with Crippen LogP contribution in [0.4, 0.5) is 11.4 Å². The van der Waals surface area contributed by atoms with Crippen LogP contribution in [0.3, 0.4) is 0 Å². The van der Waals surface area contributed by atoms with Crippen LogP contribution in [0.25, 0.3) is 10.8 Å². The van der Waals surface area contributed by atoms with Crippen molar-refractivity contribution < 1.29 is 18.3 Å². The van der Waals surface area contributed by atoms with Gasteiger partial charge in [-0.15, -0.1) is 0 Å². The Morgan fingerprint density at radius 3 is 2.06 bits per heavy atom. The number of anilines is 2. The normalized spacial score (nSPS) is 16.4. The number of hydrogen-bond acceptors (Lipinski definition) is 4. The minimum absolute atomic E-state index is 0.333. The van der Waals surface area contributed by atoms with Gasteiger partial charge in [0.15, 0.2) is 0 Å². The van der Waals surface area contributed by atoms with E-state index in [1.54, 1.807) is 6.07 Å². The van der Waals surface area contributed by atoms with Gasteiger partial charge >= 0.3 is 5.97 Å². The van der Waals surface area contributed by atoms with E-state index in [2.05, 4.69) is 9.62 Å². The van der Waals surface area contributed by atoms with Crippen molar-refractivity contribution in [3.05, 3.63) is 64.2 Å². The molecule has 1 aliphatic heterocycles. The third-order valence-electron chi connectivity index (χ3n) is 7.22. The summed E-state index contributed by atoms with van der Waals surface area (Å²) in [6.07, 6.45) is 0.600. The molecule has 3 aromatic carbocycles. The Morgan fingerprint density at radius 1 is 0.909 bits per heavy atom. The fourth-order valence-corrected chi connectivity index (χ4v) is 6.57. The number of aliphatic carboxylic acids is 1. The van der Waals surface area contributed by atoms with Gasteiger partial charge in [-0.05, 0) is 81.0 Å². The van der Waals surface area contributed by atoms with Crippen LogP contribution in [0, 0.1) is 40.5 Å². The summed E-state index contributed by atoms with van der Waals surface area (Å²) in [5.41, 5.74) is 6.05. The monoisotopic (exact) mass is 466 g/mol. The van der Waals surface area contributed by atoms with Crippen molar-refractivity contribution in [3.8, 4) is 0 Å². The highest BCUT2D eigenvalue weighted by Crippen LogP contribution is 2.37. The van der Waals surface area contributed by atoms with Crippen LogP contribution < -0.4 is 9.62 Å². The molecule has 0 bridgehead atoms. The maximum atomic E-state index is 13.6. The quantitative estimate of drug-likeness (QED) is 0.547. The average Bonchev–Trinajstić information content (AvgIpc) is 3.27. The summed E-state index contributed by atoms with van der Waals surface area (Å²) in [6, 6.07) is 11.3. The summed E-state index contributed by atoms with van der Waals surface area (Å²) in [5, 5.41) is 11.1. The molecule has 0 saturated carbocycles. The predicted molar refractivity (Wildman–Crippen MR) is 133 cm³/mol. The van der Waals surface area contributed by atoms with Gasteiger partial charge in [0.25, 0.3) is 10.0 Å². The largest absolute Gasteiger partial charge is 0.481 e. The standard InChI is InChI=1S/C26H30N2O4S/c1-15-16(2)18(4)25(19(5)17(15)3)33(31,32)27-23-10-11-24(22-9-7-6-8-21(22)23)28-13-12-20(14-28)26(29)30/h6-11,20,27H,12-14H2,1-5H3,(H,29,30)/t20-/m0/s1. The van der Waals surface area contributed by atoms with Crippen LogP contribution in [0.15, 0.2) is 41.3 Å². The van der Waals surface area contributed by atoms with Crippen molar-refractivity contribution in [2.45, 2.75) is 45.9 Å². The maximum absolute atomic E-state index is 13.6. The summed E-state index contributed by atoms with van der Waals surface area (Å²) in [6.45, 7) is 10.8. The highest BCUT2D eigenvalue weighted by molar-refractivity contribution is 7.92. The van der Waals surface area contributed by atoms with Gasteiger partial charge in [-0.25, -0.2) is 8.42 Å². The van der Waals surface area contributed by atoms with Crippen LogP contribution in [0.2, 0.25) is 0 Å². The molecule has 0 radical (unpaired) electrons. The number of carboxylic acid groups (broad SMARTS) is 1. The Morgan fingerprint density at radius 2 is 1.48 bits per heavy atom. The highest BCUT2D eigenvalue weighted by atomic mass is 32.2. The van der Waals surface area contributed by atoms with E-state index in [1.807, 2.05) is 65.0 Å². The molecular weight excluding hydrogens is 436 g/mol. The number of nitrogens with one attached hydrogen (secondary N) is 1. The zero-order chi connectivity index (χ0) is 24.1. The second kappa shape index (κ2) is 8.37. The first-order valence-electron chi connectivity index (χ1n) is 11.1. The molecule has 1 saturated heterocycles. The van der Waals surface area contributed by atoms with Crippen molar-refractivity contribution in [3.63, 3.8) is 0 Å². The zero-order valence-corrected chi connectivity index (χ0v) is 20.5. The van der Waals surface area contributed by atoms with Gasteiger partial charge in [-0.3, -0.25) is 9.52 Å². The minimum atomic E-state index is -3.82. The SMILES string of the molecule is Cc1c(C)c(C)c(S(=O)(=O)Nc2ccc(N3CC[C@H](C(=O)O)C3)c3ccccc23)c(C)c1C. The molecule has 0 amide bonds. The van der Waals surface area contributed by atoms with Gasteiger partial charge < -0.3 is 10.0 Å². The second-order valence-electron chi connectivity index (χ2n) is 9.01. The van der Waals surface area contributed by atoms with Crippen LogP contribution in [-0.4, -0.2) is 32.6 Å². The third-order valence-corrected chi connectivity index (χ3v) is 8.86. The van der Waals surface area contributed by atoms with Crippen molar-refractivity contribution in [1.82, 2.24) is 0 Å². The lowest BCUT2D eigenvalue weighted by molar-refractivity contribution is -0.140. The first-order valence-corrected chi connectivity index (χ1v) is 12.6. The number of carboxylic acids is 1. The van der Waals surface area contributed by atoms with Crippen LogP contribution in [0.1, 0.15) is 34.2 Å². The van der Waals surface area contributed by atoms with E-state index in [4.69, 9.17) is 0 Å². The lowest BCUT2D eigenvalue weighted by Crippen LogP contribution is -2.23. The van der Waals surface area contributed by atoms with Gasteiger partial charge in [0.1, 0.15) is 0 Å². The second-order valence-corrected chi connectivity index (χ2v) is 10.6. The number of benzene rings is 3. The summed E-state index contributed by atoms with van der Waals surface area (Å²) in [5.74, 6) is -1.17. The molecule has 1 heterocycles. The minimum Gasteiger partial charge on any atom is -0.481 e. The predicted octanol–water partition coefficient (Wildman–Crippen LogP) is 5.09. The van der Waals surface area contributed by atoms with Gasteiger partial charge in [0, 0.05) is 29.5 Å².